The molecule has 1 aromatic heterocycles. The summed E-state index contributed by atoms with van der Waals surface area (Å²) in [5.74, 6) is 0.0357. The summed E-state index contributed by atoms with van der Waals surface area (Å²) in [6.07, 6.45) is 0. The van der Waals surface area contributed by atoms with Crippen molar-refractivity contribution < 1.29 is 0 Å². The fraction of sp³-hybridized carbons (Fsp3) is 0.227. The lowest BCUT2D eigenvalue weighted by atomic mass is 10.1. The zero-order valence-corrected chi connectivity index (χ0v) is 16.7. The van der Waals surface area contributed by atoms with Gasteiger partial charge >= 0.3 is 0 Å². The average molecular weight is 401 g/mol. The maximum absolute atomic E-state index is 12.6. The van der Waals surface area contributed by atoms with Crippen LogP contribution < -0.4 is 21.9 Å². The van der Waals surface area contributed by atoms with Crippen LogP contribution in [0.5, 0.6) is 0 Å². The van der Waals surface area contributed by atoms with Gasteiger partial charge in [0, 0.05) is 37.3 Å². The topological polar surface area (TPSA) is 128 Å². The summed E-state index contributed by atoms with van der Waals surface area (Å²) in [4.78, 5) is 24.4. The van der Waals surface area contributed by atoms with Crippen LogP contribution in [0.4, 0.5) is 17.1 Å². The summed E-state index contributed by atoms with van der Waals surface area (Å²) in [6, 6.07) is 14.7. The molecule has 5 N–H and O–H groups in total. The molecule has 0 atom stereocenters. The van der Waals surface area contributed by atoms with E-state index in [0.29, 0.717) is 22.2 Å². The summed E-state index contributed by atoms with van der Waals surface area (Å²) >= 11 is 0. The Hall–Kier alpha value is -3.83. The molecule has 8 heteroatoms. The Morgan fingerprint density at radius 1 is 1.17 bits per heavy atom. The predicted molar refractivity (Wildman–Crippen MR) is 120 cm³/mol. The maximum atomic E-state index is 12.6. The van der Waals surface area contributed by atoms with Crippen molar-refractivity contribution in [1.29, 1.82) is 5.26 Å². The molecule has 1 aliphatic rings. The van der Waals surface area contributed by atoms with E-state index in [1.54, 1.807) is 18.2 Å². The molecule has 0 amide bonds. The summed E-state index contributed by atoms with van der Waals surface area (Å²) in [5.41, 5.74) is 15.1. The van der Waals surface area contributed by atoms with Gasteiger partial charge in [0.1, 0.15) is 11.4 Å². The zero-order chi connectivity index (χ0) is 21.3. The molecular weight excluding hydrogens is 378 g/mol. The molecule has 0 aliphatic carbocycles. The highest BCUT2D eigenvalue weighted by Crippen LogP contribution is 2.25. The number of nitrogens with one attached hydrogen (secondary N) is 1. The first-order valence-electron chi connectivity index (χ1n) is 9.70. The van der Waals surface area contributed by atoms with Crippen LogP contribution in [0.25, 0.3) is 10.9 Å². The fourth-order valence-corrected chi connectivity index (χ4v) is 3.66. The number of aromatic nitrogens is 1. The van der Waals surface area contributed by atoms with Gasteiger partial charge in [-0.3, -0.25) is 4.79 Å². The Bertz CT molecular complexity index is 1230. The number of nitrogens with zero attached hydrogens (tertiary/aromatic N) is 4. The molecule has 0 radical (unpaired) electrons. The number of rotatable bonds is 3. The summed E-state index contributed by atoms with van der Waals surface area (Å²) in [7, 11) is 2.11. The number of pyridine rings is 1. The third kappa shape index (κ3) is 3.71. The number of nitrogens with two attached hydrogens (primary N) is 2. The fourth-order valence-electron chi connectivity index (χ4n) is 3.66. The summed E-state index contributed by atoms with van der Waals surface area (Å²) in [6.45, 7) is 3.89. The number of amidine groups is 1. The summed E-state index contributed by atoms with van der Waals surface area (Å²) < 4.78 is 0. The Morgan fingerprint density at radius 2 is 1.93 bits per heavy atom. The zero-order valence-electron chi connectivity index (χ0n) is 16.7. The lowest BCUT2D eigenvalue weighted by molar-refractivity contribution is 0.313. The third-order valence-corrected chi connectivity index (χ3v) is 5.39. The number of aromatic amines is 1. The summed E-state index contributed by atoms with van der Waals surface area (Å²) in [5, 5.41) is 9.71. The van der Waals surface area contributed by atoms with Crippen LogP contribution in [-0.2, 0) is 0 Å². The van der Waals surface area contributed by atoms with Crippen LogP contribution in [0.2, 0.25) is 0 Å². The molecule has 0 bridgehead atoms. The van der Waals surface area contributed by atoms with Gasteiger partial charge in [0.15, 0.2) is 0 Å². The van der Waals surface area contributed by atoms with Crippen molar-refractivity contribution in [3.63, 3.8) is 0 Å². The molecular formula is C22H23N7O. The second kappa shape index (κ2) is 7.89. The molecule has 1 aliphatic heterocycles. The van der Waals surface area contributed by atoms with E-state index in [2.05, 4.69) is 32.9 Å². The van der Waals surface area contributed by atoms with Crippen LogP contribution in [0.15, 0.2) is 52.3 Å². The van der Waals surface area contributed by atoms with E-state index in [1.807, 2.05) is 24.3 Å². The van der Waals surface area contributed by atoms with Crippen LogP contribution in [0.3, 0.4) is 0 Å². The molecule has 0 spiro atoms. The minimum Gasteiger partial charge on any atom is -0.397 e. The number of aliphatic imine (C=N–C) groups is 1. The van der Waals surface area contributed by atoms with Crippen LogP contribution in [0.1, 0.15) is 11.1 Å². The van der Waals surface area contributed by atoms with Gasteiger partial charge in [-0.25, -0.2) is 4.99 Å². The van der Waals surface area contributed by atoms with Gasteiger partial charge in [0.25, 0.3) is 5.56 Å². The number of anilines is 2. The number of likely N-dealkylation sites (N-methyl/N-ethyl adjacent to an activating group) is 1. The molecule has 1 fully saturated rings. The number of nitrogen functional groups attached to an aromatic ring is 1. The number of hydrogen-bond acceptors (Lipinski definition) is 6. The van der Waals surface area contributed by atoms with Gasteiger partial charge in [-0.15, -0.1) is 0 Å². The average Bonchev–Trinajstić information content (AvgIpc) is 2.74. The number of benzene rings is 2. The molecule has 30 heavy (non-hydrogen) atoms. The first-order valence-corrected chi connectivity index (χ1v) is 9.70. The van der Waals surface area contributed by atoms with Crippen molar-refractivity contribution in [2.24, 2.45) is 10.7 Å². The standard InChI is InChI=1S/C22H23N7O/c1-28-7-9-29(10-8-28)16-4-2-3-15(12-16)26-21(25)19-20(24)17-11-14(13-23)5-6-18(17)27-22(19)30/h2-6,11-12H,7-10H2,1H3,(H2,25,26)(H3,24,27,30). The van der Waals surface area contributed by atoms with Crippen molar-refractivity contribution in [2.75, 3.05) is 43.9 Å². The van der Waals surface area contributed by atoms with E-state index < -0.39 is 5.56 Å². The second-order valence-corrected chi connectivity index (χ2v) is 7.42. The van der Waals surface area contributed by atoms with Gasteiger partial charge in [-0.2, -0.15) is 5.26 Å². The van der Waals surface area contributed by atoms with Gasteiger partial charge in [0.2, 0.25) is 0 Å². The lowest BCUT2D eigenvalue weighted by Crippen LogP contribution is -2.44. The van der Waals surface area contributed by atoms with Crippen molar-refractivity contribution in [2.45, 2.75) is 0 Å². The third-order valence-electron chi connectivity index (χ3n) is 5.39. The van der Waals surface area contributed by atoms with Crippen molar-refractivity contribution >= 4 is 33.8 Å². The molecule has 152 valence electrons. The predicted octanol–water partition coefficient (Wildman–Crippen LogP) is 1.77. The van der Waals surface area contributed by atoms with E-state index in [9.17, 15) is 4.79 Å². The Labute approximate surface area is 174 Å². The number of H-pyrrole nitrogens is 1. The Balaban J connectivity index is 1.72. The number of hydrogen-bond donors (Lipinski definition) is 3. The highest BCUT2D eigenvalue weighted by molar-refractivity contribution is 6.08. The smallest absolute Gasteiger partial charge is 0.261 e. The molecule has 3 aromatic rings. The SMILES string of the molecule is CN1CCN(c2cccc(N=C(N)c3c(N)c4cc(C#N)ccc4[nH]c3=O)c2)CC1. The number of fused-ring (bicyclic) bond motifs is 1. The van der Waals surface area contributed by atoms with Gasteiger partial charge in [-0.1, -0.05) is 6.07 Å². The molecule has 2 heterocycles. The van der Waals surface area contributed by atoms with E-state index in [4.69, 9.17) is 16.7 Å². The van der Waals surface area contributed by atoms with Gasteiger partial charge in [-0.05, 0) is 43.4 Å². The van der Waals surface area contributed by atoms with Crippen LogP contribution in [-0.4, -0.2) is 48.9 Å². The van der Waals surface area contributed by atoms with Crippen LogP contribution >= 0.6 is 0 Å². The molecule has 8 nitrogen and oxygen atoms in total. The molecule has 2 aromatic carbocycles. The Morgan fingerprint density at radius 3 is 2.67 bits per heavy atom. The van der Waals surface area contributed by atoms with Crippen molar-refractivity contribution in [1.82, 2.24) is 9.88 Å². The molecule has 4 rings (SSSR count). The van der Waals surface area contributed by atoms with Gasteiger partial charge in [0.05, 0.1) is 28.5 Å². The van der Waals surface area contributed by atoms with E-state index in [1.165, 1.54) is 0 Å². The number of nitriles is 1. The first-order chi connectivity index (χ1) is 14.5. The highest BCUT2D eigenvalue weighted by Gasteiger charge is 2.16. The monoisotopic (exact) mass is 401 g/mol. The molecule has 0 saturated carbocycles. The Kier molecular flexibility index (Phi) is 5.12. The van der Waals surface area contributed by atoms with E-state index in [0.717, 1.165) is 31.9 Å². The van der Waals surface area contributed by atoms with Crippen molar-refractivity contribution in [3.8, 4) is 6.07 Å². The quantitative estimate of drug-likeness (QED) is 0.453. The van der Waals surface area contributed by atoms with Crippen molar-refractivity contribution in [3.05, 3.63) is 63.9 Å². The largest absolute Gasteiger partial charge is 0.397 e. The maximum Gasteiger partial charge on any atom is 0.261 e. The second-order valence-electron chi connectivity index (χ2n) is 7.42. The highest BCUT2D eigenvalue weighted by atomic mass is 16.1. The van der Waals surface area contributed by atoms with Crippen LogP contribution in [0, 0.1) is 11.3 Å². The number of piperazine rings is 1. The van der Waals surface area contributed by atoms with Gasteiger partial charge < -0.3 is 26.3 Å². The van der Waals surface area contributed by atoms with E-state index in [-0.39, 0.29) is 17.1 Å². The minimum absolute atomic E-state index is 0.0357. The minimum atomic E-state index is -0.416. The normalized spacial score (nSPS) is 15.3. The lowest BCUT2D eigenvalue weighted by Gasteiger charge is -2.34. The first kappa shape index (κ1) is 19.5. The molecule has 1 saturated heterocycles. The molecule has 0 unspecified atom stereocenters. The van der Waals surface area contributed by atoms with E-state index >= 15 is 0 Å².